The molecule has 316 valence electrons. The standard InChI is InChI=1S/C24H28N6O3S.C19H20N6OS/c1-15-10-21(34-28-15)27-20-11-19(16-6-5-8-29(13-16)23(31)33-24(2,3)4)26-22-18(12-25-30(20)22)17-7-9-32-14-17;1-12-7-18(27-24-12)23-17-8-16(13-3-2-5-20-9-13)22-19-15(10-21-25(17)19)14-4-6-26-11-14/h7,9-12,14,16,27H,5-6,8,13H2,1-4H3;4,6-8,10-11,13,20,23H,2-3,5,9H2,1H3. The number of nitrogens with one attached hydrogen (secondary N) is 3. The van der Waals surface area contributed by atoms with Crippen molar-refractivity contribution < 1.29 is 18.4 Å². The molecule has 8 aromatic heterocycles. The van der Waals surface area contributed by atoms with Gasteiger partial charge in [0.1, 0.15) is 27.2 Å². The number of carbonyl (C=O) groups excluding carboxylic acids is 1. The molecular weight excluding hydrogens is 813 g/mol. The van der Waals surface area contributed by atoms with Crippen LogP contribution in [0, 0.1) is 13.8 Å². The van der Waals surface area contributed by atoms with Crippen molar-refractivity contribution in [3.63, 3.8) is 0 Å². The highest BCUT2D eigenvalue weighted by Crippen LogP contribution is 2.35. The van der Waals surface area contributed by atoms with Gasteiger partial charge in [0.25, 0.3) is 0 Å². The van der Waals surface area contributed by atoms with Gasteiger partial charge in [0.2, 0.25) is 0 Å². The van der Waals surface area contributed by atoms with Crippen LogP contribution in [0.3, 0.4) is 0 Å². The number of nitrogens with zero attached hydrogens (tertiary/aromatic N) is 9. The third kappa shape index (κ3) is 9.01. The van der Waals surface area contributed by atoms with Crippen molar-refractivity contribution in [2.24, 2.45) is 0 Å². The molecule has 2 saturated heterocycles. The smallest absolute Gasteiger partial charge is 0.410 e. The predicted molar refractivity (Wildman–Crippen MR) is 236 cm³/mol. The first-order valence-electron chi connectivity index (χ1n) is 20.5. The molecule has 3 N–H and O–H groups in total. The molecule has 0 aromatic carbocycles. The monoisotopic (exact) mass is 860 g/mol. The van der Waals surface area contributed by atoms with Crippen LogP contribution in [0.4, 0.5) is 26.4 Å². The van der Waals surface area contributed by atoms with Gasteiger partial charge >= 0.3 is 6.09 Å². The number of amides is 1. The Morgan fingerprint density at radius 1 is 0.803 bits per heavy atom. The average Bonchev–Trinajstić information content (AvgIpc) is 4.11. The molecule has 2 atom stereocenters. The summed E-state index contributed by atoms with van der Waals surface area (Å²) in [4.78, 5) is 24.5. The van der Waals surface area contributed by atoms with Crippen LogP contribution in [-0.4, -0.2) is 80.7 Å². The highest BCUT2D eigenvalue weighted by atomic mass is 32.1. The first kappa shape index (κ1) is 40.3. The molecule has 2 aliphatic heterocycles. The summed E-state index contributed by atoms with van der Waals surface area (Å²) in [5.41, 5.74) is 8.76. The minimum absolute atomic E-state index is 0.0853. The Morgan fingerprint density at radius 2 is 1.36 bits per heavy atom. The normalized spacial score (nSPS) is 17.0. The quantitative estimate of drug-likeness (QED) is 0.132. The Morgan fingerprint density at radius 3 is 1.84 bits per heavy atom. The molecule has 16 nitrogen and oxygen atoms in total. The van der Waals surface area contributed by atoms with Crippen molar-refractivity contribution in [1.82, 2.24) is 48.2 Å². The van der Waals surface area contributed by atoms with Crippen molar-refractivity contribution >= 4 is 62.1 Å². The highest BCUT2D eigenvalue weighted by Gasteiger charge is 2.30. The summed E-state index contributed by atoms with van der Waals surface area (Å²) >= 11 is 2.85. The summed E-state index contributed by atoms with van der Waals surface area (Å²) in [6.45, 7) is 12.9. The Kier molecular flexibility index (Phi) is 11.3. The average molecular weight is 861 g/mol. The van der Waals surface area contributed by atoms with E-state index in [1.54, 1.807) is 40.7 Å². The number of hydrogen-bond donors (Lipinski definition) is 3. The van der Waals surface area contributed by atoms with Gasteiger partial charge in [0.05, 0.1) is 60.2 Å². The fourth-order valence-electron chi connectivity index (χ4n) is 7.71. The van der Waals surface area contributed by atoms with Gasteiger partial charge in [-0.15, -0.1) is 0 Å². The molecular formula is C43H48N12O4S2. The van der Waals surface area contributed by atoms with E-state index in [9.17, 15) is 4.79 Å². The zero-order chi connectivity index (χ0) is 42.1. The predicted octanol–water partition coefficient (Wildman–Crippen LogP) is 9.58. The number of ether oxygens (including phenoxy) is 1. The number of fused-ring (bicyclic) bond motifs is 2. The molecule has 8 aromatic rings. The maximum atomic E-state index is 12.7. The van der Waals surface area contributed by atoms with E-state index in [2.05, 4.69) is 41.0 Å². The van der Waals surface area contributed by atoms with E-state index in [-0.39, 0.29) is 12.0 Å². The first-order valence-corrected chi connectivity index (χ1v) is 22.0. The number of furan rings is 2. The van der Waals surface area contributed by atoms with Crippen LogP contribution in [-0.2, 0) is 4.74 Å². The zero-order valence-corrected chi connectivity index (χ0v) is 36.3. The lowest BCUT2D eigenvalue weighted by Crippen LogP contribution is -2.42. The van der Waals surface area contributed by atoms with E-state index in [1.807, 2.05) is 75.7 Å². The number of hydrogen-bond acceptors (Lipinski definition) is 15. The minimum atomic E-state index is -0.526. The number of rotatable bonds is 8. The van der Waals surface area contributed by atoms with Crippen LogP contribution in [0.25, 0.3) is 33.5 Å². The number of carbonyl (C=O) groups is 1. The third-order valence-electron chi connectivity index (χ3n) is 10.6. The van der Waals surface area contributed by atoms with Crippen LogP contribution < -0.4 is 16.0 Å². The van der Waals surface area contributed by atoms with Crippen LogP contribution in [0.1, 0.15) is 81.1 Å². The van der Waals surface area contributed by atoms with E-state index in [1.165, 1.54) is 29.5 Å². The first-order chi connectivity index (χ1) is 29.5. The number of likely N-dealkylation sites (tertiary alicyclic amines) is 1. The van der Waals surface area contributed by atoms with Crippen molar-refractivity contribution in [1.29, 1.82) is 0 Å². The molecule has 18 heteroatoms. The van der Waals surface area contributed by atoms with E-state index in [4.69, 9.17) is 23.5 Å². The zero-order valence-electron chi connectivity index (χ0n) is 34.7. The fourth-order valence-corrected chi connectivity index (χ4v) is 9.05. The molecule has 0 radical (unpaired) electrons. The van der Waals surface area contributed by atoms with Gasteiger partial charge in [-0.05, 0) is 114 Å². The van der Waals surface area contributed by atoms with Crippen molar-refractivity contribution in [3.05, 3.63) is 96.6 Å². The summed E-state index contributed by atoms with van der Waals surface area (Å²) in [6.07, 6.45) is 14.2. The molecule has 1 amide bonds. The van der Waals surface area contributed by atoms with Gasteiger partial charge < -0.3 is 34.4 Å². The Balaban J connectivity index is 0.000000160. The van der Waals surface area contributed by atoms with Crippen LogP contribution in [0.2, 0.25) is 0 Å². The SMILES string of the molecule is Cc1cc(Nc2cc(C3CCCN(C(=O)OC(C)(C)C)C3)nc3c(-c4ccoc4)cnn23)sn1.Cc1cc(Nc2cc(C3CCCNC3)nc3c(-c4ccoc4)cnn23)sn1. The lowest BCUT2D eigenvalue weighted by Gasteiger charge is -2.34. The molecule has 2 unspecified atom stereocenters. The van der Waals surface area contributed by atoms with E-state index in [0.717, 1.165) is 110 Å². The molecule has 0 aliphatic carbocycles. The highest BCUT2D eigenvalue weighted by molar-refractivity contribution is 7.10. The molecule has 0 spiro atoms. The molecule has 2 fully saturated rings. The summed E-state index contributed by atoms with van der Waals surface area (Å²) in [6, 6.07) is 12.0. The second-order valence-corrected chi connectivity index (χ2v) is 18.1. The van der Waals surface area contributed by atoms with E-state index < -0.39 is 5.60 Å². The molecule has 0 bridgehead atoms. The Labute approximate surface area is 360 Å². The van der Waals surface area contributed by atoms with E-state index in [0.29, 0.717) is 19.0 Å². The van der Waals surface area contributed by atoms with Crippen molar-refractivity contribution in [2.45, 2.75) is 77.7 Å². The maximum Gasteiger partial charge on any atom is 0.410 e. The van der Waals surface area contributed by atoms with Crippen LogP contribution in [0.5, 0.6) is 0 Å². The molecule has 10 heterocycles. The summed E-state index contributed by atoms with van der Waals surface area (Å²) in [5, 5.41) is 21.5. The van der Waals surface area contributed by atoms with Gasteiger partial charge in [0.15, 0.2) is 11.3 Å². The van der Waals surface area contributed by atoms with Crippen molar-refractivity contribution in [3.8, 4) is 22.3 Å². The van der Waals surface area contributed by atoms with Gasteiger partial charge in [-0.3, -0.25) is 0 Å². The molecule has 0 saturated carbocycles. The van der Waals surface area contributed by atoms with Gasteiger partial charge in [-0.1, -0.05) is 0 Å². The van der Waals surface area contributed by atoms with Crippen LogP contribution in [0.15, 0.2) is 82.7 Å². The van der Waals surface area contributed by atoms with E-state index >= 15 is 0 Å². The number of aryl methyl sites for hydroxylation is 2. The lowest BCUT2D eigenvalue weighted by atomic mass is 9.94. The van der Waals surface area contributed by atoms with Gasteiger partial charge in [-0.25, -0.2) is 14.8 Å². The third-order valence-corrected chi connectivity index (χ3v) is 12.2. The Bertz CT molecular complexity index is 2740. The number of anilines is 4. The second kappa shape index (κ2) is 17.1. The van der Waals surface area contributed by atoms with Gasteiger partial charge in [0, 0.05) is 65.9 Å². The Hall–Kier alpha value is -6.11. The second-order valence-electron chi connectivity index (χ2n) is 16.5. The van der Waals surface area contributed by atoms with Gasteiger partial charge in [-0.2, -0.15) is 28.0 Å². The minimum Gasteiger partial charge on any atom is -0.472 e. The summed E-state index contributed by atoms with van der Waals surface area (Å²) < 4.78 is 28.6. The fraction of sp³-hybridized carbons (Fsp3) is 0.372. The number of aromatic nitrogens is 8. The molecule has 10 rings (SSSR count). The maximum absolute atomic E-state index is 12.7. The largest absolute Gasteiger partial charge is 0.472 e. The number of piperidine rings is 2. The molecule has 61 heavy (non-hydrogen) atoms. The van der Waals surface area contributed by atoms with Crippen LogP contribution >= 0.6 is 23.1 Å². The lowest BCUT2D eigenvalue weighted by molar-refractivity contribution is 0.0197. The summed E-state index contributed by atoms with van der Waals surface area (Å²) in [7, 11) is 0. The molecule has 2 aliphatic rings. The summed E-state index contributed by atoms with van der Waals surface area (Å²) in [5.74, 6) is 2.19. The van der Waals surface area contributed by atoms with Crippen molar-refractivity contribution in [2.75, 3.05) is 36.8 Å². The topological polar surface area (TPSA) is 178 Å².